The largest absolute Gasteiger partial charge is 0.379 e. The second-order valence-corrected chi connectivity index (χ2v) is 7.04. The highest BCUT2D eigenvalue weighted by Crippen LogP contribution is 2.16. The molecule has 0 bridgehead atoms. The number of carbonyl (C=O) groups is 2. The van der Waals surface area contributed by atoms with Crippen molar-refractivity contribution in [3.8, 4) is 0 Å². The van der Waals surface area contributed by atoms with E-state index in [9.17, 15) is 9.59 Å². The van der Waals surface area contributed by atoms with Gasteiger partial charge in [-0.15, -0.1) is 0 Å². The van der Waals surface area contributed by atoms with Crippen LogP contribution in [-0.4, -0.2) is 56.1 Å². The number of hydrogen-bond acceptors (Lipinski definition) is 4. The van der Waals surface area contributed by atoms with Crippen LogP contribution in [-0.2, 0) is 4.74 Å². The van der Waals surface area contributed by atoms with E-state index in [-0.39, 0.29) is 11.8 Å². The summed E-state index contributed by atoms with van der Waals surface area (Å²) in [6.07, 6.45) is 0. The Labute approximate surface area is 165 Å². The van der Waals surface area contributed by atoms with Crippen molar-refractivity contribution in [3.05, 3.63) is 64.7 Å². The van der Waals surface area contributed by atoms with Gasteiger partial charge in [0.05, 0.1) is 13.2 Å². The third kappa shape index (κ3) is 5.41. The van der Waals surface area contributed by atoms with Crippen LogP contribution < -0.4 is 10.6 Å². The average molecular weight is 381 g/mol. The second kappa shape index (κ2) is 9.48. The molecule has 0 aliphatic carbocycles. The molecule has 0 radical (unpaired) electrons. The van der Waals surface area contributed by atoms with E-state index in [1.807, 2.05) is 32.0 Å². The van der Waals surface area contributed by atoms with Gasteiger partial charge in [-0.1, -0.05) is 12.1 Å². The highest BCUT2D eigenvalue weighted by Gasteiger charge is 2.13. The minimum absolute atomic E-state index is 0.172. The molecule has 6 nitrogen and oxygen atoms in total. The maximum atomic E-state index is 12.5. The predicted octanol–water partition coefficient (Wildman–Crippen LogP) is 2.62. The molecule has 0 unspecified atom stereocenters. The molecule has 0 aromatic heterocycles. The summed E-state index contributed by atoms with van der Waals surface area (Å²) >= 11 is 0. The Kier molecular flexibility index (Phi) is 6.79. The van der Waals surface area contributed by atoms with Crippen molar-refractivity contribution in [2.45, 2.75) is 13.8 Å². The number of amides is 2. The fourth-order valence-corrected chi connectivity index (χ4v) is 3.08. The van der Waals surface area contributed by atoms with Crippen LogP contribution >= 0.6 is 0 Å². The van der Waals surface area contributed by atoms with Gasteiger partial charge in [-0.2, -0.15) is 0 Å². The topological polar surface area (TPSA) is 70.7 Å². The van der Waals surface area contributed by atoms with Gasteiger partial charge in [0, 0.05) is 43.0 Å². The molecule has 1 saturated heterocycles. The lowest BCUT2D eigenvalue weighted by Gasteiger charge is -2.26. The Balaban J connectivity index is 1.56. The van der Waals surface area contributed by atoms with Gasteiger partial charge in [0.25, 0.3) is 11.8 Å². The van der Waals surface area contributed by atoms with Gasteiger partial charge in [-0.05, 0) is 55.3 Å². The summed E-state index contributed by atoms with van der Waals surface area (Å²) < 4.78 is 5.32. The van der Waals surface area contributed by atoms with Crippen LogP contribution in [0.3, 0.4) is 0 Å². The quantitative estimate of drug-likeness (QED) is 0.807. The molecule has 2 N–H and O–H groups in total. The van der Waals surface area contributed by atoms with Gasteiger partial charge in [0.1, 0.15) is 0 Å². The summed E-state index contributed by atoms with van der Waals surface area (Å²) in [6, 6.07) is 12.6. The average Bonchev–Trinajstić information content (AvgIpc) is 2.71. The highest BCUT2D eigenvalue weighted by molar-refractivity contribution is 6.06. The minimum Gasteiger partial charge on any atom is -0.379 e. The number of morpholine rings is 1. The summed E-state index contributed by atoms with van der Waals surface area (Å²) in [7, 11) is 0. The summed E-state index contributed by atoms with van der Waals surface area (Å²) in [6.45, 7) is 8.67. The fraction of sp³-hybridized carbons (Fsp3) is 0.364. The summed E-state index contributed by atoms with van der Waals surface area (Å²) in [4.78, 5) is 27.2. The Morgan fingerprint density at radius 1 is 0.964 bits per heavy atom. The first-order valence-corrected chi connectivity index (χ1v) is 9.60. The van der Waals surface area contributed by atoms with Crippen molar-refractivity contribution >= 4 is 17.5 Å². The Morgan fingerprint density at radius 3 is 2.39 bits per heavy atom. The fourth-order valence-electron chi connectivity index (χ4n) is 3.08. The van der Waals surface area contributed by atoms with Gasteiger partial charge in [0.2, 0.25) is 0 Å². The molecule has 28 heavy (non-hydrogen) atoms. The first kappa shape index (κ1) is 20.0. The zero-order valence-electron chi connectivity index (χ0n) is 16.5. The van der Waals surface area contributed by atoms with Gasteiger partial charge in [0.15, 0.2) is 0 Å². The van der Waals surface area contributed by atoms with E-state index in [0.29, 0.717) is 17.7 Å². The lowest BCUT2D eigenvalue weighted by Crippen LogP contribution is -2.41. The third-order valence-corrected chi connectivity index (χ3v) is 4.97. The van der Waals surface area contributed by atoms with Crippen LogP contribution in [0, 0.1) is 13.8 Å². The molecule has 0 spiro atoms. The number of anilines is 1. The number of nitrogens with one attached hydrogen (secondary N) is 2. The number of ether oxygens (including phenoxy) is 1. The van der Waals surface area contributed by atoms with Gasteiger partial charge in [-0.3, -0.25) is 14.5 Å². The lowest BCUT2D eigenvalue weighted by molar-refractivity contribution is 0.0383. The lowest BCUT2D eigenvalue weighted by atomic mass is 10.1. The summed E-state index contributed by atoms with van der Waals surface area (Å²) in [5.74, 6) is -0.402. The smallest absolute Gasteiger partial charge is 0.255 e. The SMILES string of the molecule is Cc1ccc(NC(=O)c2cccc(C(=O)NCCN3CCOCC3)c2)cc1C. The van der Waals surface area contributed by atoms with E-state index < -0.39 is 0 Å². The molecule has 148 valence electrons. The Bertz CT molecular complexity index is 845. The molecule has 3 rings (SSSR count). The van der Waals surface area contributed by atoms with E-state index in [2.05, 4.69) is 15.5 Å². The zero-order chi connectivity index (χ0) is 19.9. The maximum absolute atomic E-state index is 12.5. The van der Waals surface area contributed by atoms with E-state index >= 15 is 0 Å². The van der Waals surface area contributed by atoms with Crippen LogP contribution in [0.2, 0.25) is 0 Å². The molecule has 1 aliphatic heterocycles. The summed E-state index contributed by atoms with van der Waals surface area (Å²) in [5, 5.41) is 5.81. The van der Waals surface area contributed by atoms with Gasteiger partial charge < -0.3 is 15.4 Å². The number of carbonyl (C=O) groups excluding carboxylic acids is 2. The van der Waals surface area contributed by atoms with Crippen molar-refractivity contribution < 1.29 is 14.3 Å². The molecule has 1 fully saturated rings. The number of nitrogens with zero attached hydrogens (tertiary/aromatic N) is 1. The molecule has 2 amide bonds. The van der Waals surface area contributed by atoms with E-state index in [0.717, 1.165) is 44.1 Å². The van der Waals surface area contributed by atoms with Crippen LogP contribution in [0.4, 0.5) is 5.69 Å². The van der Waals surface area contributed by atoms with Crippen molar-refractivity contribution in [1.29, 1.82) is 0 Å². The number of aryl methyl sites for hydroxylation is 2. The summed E-state index contributed by atoms with van der Waals surface area (Å²) in [5.41, 5.74) is 3.97. The number of benzene rings is 2. The molecule has 2 aromatic carbocycles. The minimum atomic E-state index is -0.230. The van der Waals surface area contributed by atoms with Crippen molar-refractivity contribution in [3.63, 3.8) is 0 Å². The first-order chi connectivity index (χ1) is 13.5. The van der Waals surface area contributed by atoms with Gasteiger partial charge in [-0.25, -0.2) is 0 Å². The van der Waals surface area contributed by atoms with Crippen LogP contribution in [0.15, 0.2) is 42.5 Å². The van der Waals surface area contributed by atoms with Crippen molar-refractivity contribution in [2.24, 2.45) is 0 Å². The molecule has 2 aromatic rings. The monoisotopic (exact) mass is 381 g/mol. The standard InChI is InChI=1S/C22H27N3O3/c1-16-6-7-20(14-17(16)2)24-22(27)19-5-3-4-18(15-19)21(26)23-8-9-25-10-12-28-13-11-25/h3-7,14-15H,8-13H2,1-2H3,(H,23,26)(H,24,27). The van der Waals surface area contributed by atoms with Crippen LogP contribution in [0.5, 0.6) is 0 Å². The van der Waals surface area contributed by atoms with E-state index in [1.54, 1.807) is 24.3 Å². The second-order valence-electron chi connectivity index (χ2n) is 7.04. The Morgan fingerprint density at radius 2 is 1.68 bits per heavy atom. The number of hydrogen-bond donors (Lipinski definition) is 2. The molecule has 0 atom stereocenters. The normalized spacial score (nSPS) is 14.5. The predicted molar refractivity (Wildman–Crippen MR) is 110 cm³/mol. The number of rotatable bonds is 6. The van der Waals surface area contributed by atoms with Gasteiger partial charge >= 0.3 is 0 Å². The molecule has 0 saturated carbocycles. The van der Waals surface area contributed by atoms with Crippen molar-refractivity contribution in [1.82, 2.24) is 10.2 Å². The van der Waals surface area contributed by atoms with E-state index in [1.165, 1.54) is 5.56 Å². The zero-order valence-corrected chi connectivity index (χ0v) is 16.5. The molecule has 1 aliphatic rings. The molecule has 1 heterocycles. The molecular weight excluding hydrogens is 354 g/mol. The van der Waals surface area contributed by atoms with Crippen molar-refractivity contribution in [2.75, 3.05) is 44.7 Å². The molecule has 6 heteroatoms. The third-order valence-electron chi connectivity index (χ3n) is 4.97. The first-order valence-electron chi connectivity index (χ1n) is 9.60. The van der Waals surface area contributed by atoms with Crippen LogP contribution in [0.25, 0.3) is 0 Å². The van der Waals surface area contributed by atoms with E-state index in [4.69, 9.17) is 4.74 Å². The molecular formula is C22H27N3O3. The highest BCUT2D eigenvalue weighted by atomic mass is 16.5. The maximum Gasteiger partial charge on any atom is 0.255 e. The van der Waals surface area contributed by atoms with Crippen LogP contribution in [0.1, 0.15) is 31.8 Å². The Hall–Kier alpha value is -2.70.